The molecule has 0 N–H and O–H groups in total. The van der Waals surface area contributed by atoms with Crippen LogP contribution in [0.25, 0.3) is 0 Å². The van der Waals surface area contributed by atoms with Gasteiger partial charge < -0.3 is 0 Å². The smallest absolute Gasteiger partial charge is 0.0771 e. The van der Waals surface area contributed by atoms with Gasteiger partial charge in [-0.25, -0.2) is 0 Å². The first-order chi connectivity index (χ1) is 5.71. The minimum Gasteiger partial charge on any atom is -0.0811 e. The van der Waals surface area contributed by atoms with Crippen molar-refractivity contribution in [1.82, 2.24) is 0 Å². The molecule has 1 aliphatic rings. The summed E-state index contributed by atoms with van der Waals surface area (Å²) in [5, 5.41) is 1.65. The van der Waals surface area contributed by atoms with Gasteiger partial charge in [0.1, 0.15) is 0 Å². The third kappa shape index (κ3) is 3.75. The monoisotopic (exact) mass is 300 g/mol. The molecular weight excluding hydrogens is 280 g/mol. The van der Waals surface area contributed by atoms with Crippen molar-refractivity contribution in [3.8, 4) is 0 Å². The second-order valence-electron chi connectivity index (χ2n) is 6.12. The number of hydrogen-bond donors (Lipinski definition) is 0. The van der Waals surface area contributed by atoms with E-state index in [0.29, 0.717) is 0 Å². The Morgan fingerprint density at radius 1 is 1.00 bits per heavy atom. The van der Waals surface area contributed by atoms with Gasteiger partial charge in [-0.3, -0.25) is 0 Å². The molecule has 0 saturated heterocycles. The summed E-state index contributed by atoms with van der Waals surface area (Å²) >= 11 is 0. The summed E-state index contributed by atoms with van der Waals surface area (Å²) < 4.78 is 0. The molecule has 0 aliphatic heterocycles. The SMILES string of the molecule is C[Si](C)(C)C1=CC([Si](C)(C)C)C=C1.[Zr]. The molecule has 0 aromatic carbocycles. The summed E-state index contributed by atoms with van der Waals surface area (Å²) in [4.78, 5) is 0. The standard InChI is InChI=1S/C11H22Si2.Zr/c1-12(2,3)10-7-8-11(9-10)13(4,5)6;/h7-10H,1-6H3;. The van der Waals surface area contributed by atoms with Gasteiger partial charge >= 0.3 is 0 Å². The fourth-order valence-corrected chi connectivity index (χ4v) is 4.35. The van der Waals surface area contributed by atoms with Crippen LogP contribution in [0.3, 0.4) is 0 Å². The van der Waals surface area contributed by atoms with Crippen molar-refractivity contribution >= 4 is 16.1 Å². The molecule has 78 valence electrons. The van der Waals surface area contributed by atoms with E-state index in [4.69, 9.17) is 0 Å². The van der Waals surface area contributed by atoms with E-state index in [1.54, 1.807) is 5.20 Å². The quantitative estimate of drug-likeness (QED) is 0.675. The van der Waals surface area contributed by atoms with Crippen LogP contribution in [0.4, 0.5) is 0 Å². The van der Waals surface area contributed by atoms with Crippen LogP contribution in [-0.2, 0) is 26.2 Å². The van der Waals surface area contributed by atoms with Gasteiger partial charge in [-0.05, 0) is 5.54 Å². The molecule has 0 heterocycles. The van der Waals surface area contributed by atoms with Crippen LogP contribution in [-0.4, -0.2) is 16.1 Å². The summed E-state index contributed by atoms with van der Waals surface area (Å²) in [5.74, 6) is 0. The van der Waals surface area contributed by atoms with Gasteiger partial charge in [0, 0.05) is 26.2 Å². The van der Waals surface area contributed by atoms with E-state index < -0.39 is 16.1 Å². The van der Waals surface area contributed by atoms with Crippen molar-refractivity contribution in [2.75, 3.05) is 0 Å². The van der Waals surface area contributed by atoms with Crippen molar-refractivity contribution in [2.45, 2.75) is 44.8 Å². The zero-order valence-corrected chi connectivity index (χ0v) is 14.8. The molecule has 0 nitrogen and oxygen atoms in total. The molecule has 1 unspecified atom stereocenters. The Kier molecular flexibility index (Phi) is 5.03. The van der Waals surface area contributed by atoms with Gasteiger partial charge in [-0.2, -0.15) is 0 Å². The maximum atomic E-state index is 2.54. The Bertz CT molecular complexity index is 253. The van der Waals surface area contributed by atoms with Gasteiger partial charge in [0.05, 0.1) is 16.1 Å². The van der Waals surface area contributed by atoms with Gasteiger partial charge in [-0.15, -0.1) is 0 Å². The molecular formula is C11H22Si2Zr. The molecule has 0 radical (unpaired) electrons. The minimum atomic E-state index is -1.05. The fourth-order valence-electron chi connectivity index (χ4n) is 1.55. The van der Waals surface area contributed by atoms with Crippen molar-refractivity contribution in [1.29, 1.82) is 0 Å². The van der Waals surface area contributed by atoms with Crippen molar-refractivity contribution in [3.05, 3.63) is 23.4 Å². The largest absolute Gasteiger partial charge is 0.0811 e. The first-order valence-corrected chi connectivity index (χ1v) is 12.2. The molecule has 1 atom stereocenters. The summed E-state index contributed by atoms with van der Waals surface area (Å²) in [6, 6.07) is 0. The Morgan fingerprint density at radius 2 is 1.50 bits per heavy atom. The van der Waals surface area contributed by atoms with Crippen LogP contribution in [0.5, 0.6) is 0 Å². The average molecular weight is 302 g/mol. The summed E-state index contributed by atoms with van der Waals surface area (Å²) in [5.41, 5.74) is 0.786. The van der Waals surface area contributed by atoms with Crippen LogP contribution in [0.1, 0.15) is 0 Å². The Balaban J connectivity index is 0.00000169. The van der Waals surface area contributed by atoms with Crippen molar-refractivity contribution in [2.24, 2.45) is 0 Å². The molecule has 1 aliphatic carbocycles. The summed E-state index contributed by atoms with van der Waals surface area (Å²) in [6.45, 7) is 14.6. The van der Waals surface area contributed by atoms with Crippen LogP contribution >= 0.6 is 0 Å². The predicted molar refractivity (Wildman–Crippen MR) is 67.7 cm³/mol. The predicted octanol–water partition coefficient (Wildman–Crippen LogP) is 4.07. The molecule has 0 bridgehead atoms. The van der Waals surface area contributed by atoms with Crippen LogP contribution in [0, 0.1) is 0 Å². The molecule has 0 amide bonds. The number of rotatable bonds is 2. The van der Waals surface area contributed by atoms with Crippen LogP contribution in [0.15, 0.2) is 23.4 Å². The molecule has 0 spiro atoms. The molecule has 3 heteroatoms. The van der Waals surface area contributed by atoms with Gasteiger partial charge in [-0.1, -0.05) is 62.7 Å². The Labute approximate surface area is 110 Å². The van der Waals surface area contributed by atoms with E-state index >= 15 is 0 Å². The number of hydrogen-bond acceptors (Lipinski definition) is 0. The van der Waals surface area contributed by atoms with E-state index in [1.165, 1.54) is 0 Å². The van der Waals surface area contributed by atoms with Crippen molar-refractivity contribution in [3.63, 3.8) is 0 Å². The van der Waals surface area contributed by atoms with Crippen molar-refractivity contribution < 1.29 is 26.2 Å². The first-order valence-electron chi connectivity index (χ1n) is 5.12. The first kappa shape index (κ1) is 14.8. The second kappa shape index (κ2) is 4.76. The third-order valence-corrected chi connectivity index (χ3v) is 7.13. The normalized spacial score (nSPS) is 21.9. The molecule has 0 saturated carbocycles. The summed E-state index contributed by atoms with van der Waals surface area (Å²) in [7, 11) is -2.03. The fraction of sp³-hybridized carbons (Fsp3) is 0.636. The number of allylic oxidation sites excluding steroid dienone is 4. The molecule has 0 fully saturated rings. The van der Waals surface area contributed by atoms with Gasteiger partial charge in [0.25, 0.3) is 0 Å². The Morgan fingerprint density at radius 3 is 1.71 bits per heavy atom. The van der Waals surface area contributed by atoms with E-state index in [2.05, 4.69) is 57.5 Å². The maximum absolute atomic E-state index is 2.54. The zero-order valence-electron chi connectivity index (χ0n) is 10.3. The van der Waals surface area contributed by atoms with Crippen LogP contribution < -0.4 is 0 Å². The second-order valence-corrected chi connectivity index (χ2v) is 16.6. The van der Waals surface area contributed by atoms with E-state index in [0.717, 1.165) is 5.54 Å². The average Bonchev–Trinajstić information content (AvgIpc) is 2.28. The third-order valence-electron chi connectivity index (χ3n) is 2.71. The molecule has 0 aromatic heterocycles. The summed E-state index contributed by atoms with van der Waals surface area (Å²) in [6.07, 6.45) is 7.35. The van der Waals surface area contributed by atoms with Gasteiger partial charge in [0.2, 0.25) is 0 Å². The van der Waals surface area contributed by atoms with E-state index in [-0.39, 0.29) is 26.2 Å². The van der Waals surface area contributed by atoms with Crippen LogP contribution in [0.2, 0.25) is 44.8 Å². The molecule has 0 aromatic rings. The maximum Gasteiger partial charge on any atom is 0.0771 e. The van der Waals surface area contributed by atoms with E-state index in [9.17, 15) is 0 Å². The molecule has 14 heavy (non-hydrogen) atoms. The van der Waals surface area contributed by atoms with Gasteiger partial charge in [0.15, 0.2) is 0 Å². The topological polar surface area (TPSA) is 0 Å². The molecule has 1 rings (SSSR count). The minimum absolute atomic E-state index is 0. The zero-order chi connectivity index (χ0) is 10.3. The van der Waals surface area contributed by atoms with E-state index in [1.807, 2.05) is 0 Å². The Hall–Kier alpha value is 0.797.